The van der Waals surface area contributed by atoms with Gasteiger partial charge in [0, 0.05) is 6.54 Å². The van der Waals surface area contributed by atoms with Gasteiger partial charge in [-0.15, -0.1) is 0 Å². The number of primary amides is 1. The Hall–Kier alpha value is -1.79. The number of rotatable bonds is 5. The van der Waals surface area contributed by atoms with Gasteiger partial charge in [-0.25, -0.2) is 9.59 Å². The first-order chi connectivity index (χ1) is 9.38. The summed E-state index contributed by atoms with van der Waals surface area (Å²) in [6.45, 7) is 4.05. The number of hydrogen-bond donors (Lipinski definition) is 3. The SMILES string of the molecule is CCC(C)C(NC(=O)N1CCCCC1C(N)=O)C(=O)O. The quantitative estimate of drug-likeness (QED) is 0.684. The highest BCUT2D eigenvalue weighted by atomic mass is 16.4. The van der Waals surface area contributed by atoms with Gasteiger partial charge in [-0.2, -0.15) is 0 Å². The molecule has 0 aromatic carbocycles. The molecule has 3 atom stereocenters. The van der Waals surface area contributed by atoms with Crippen molar-refractivity contribution >= 4 is 17.9 Å². The lowest BCUT2D eigenvalue weighted by Gasteiger charge is -2.35. The van der Waals surface area contributed by atoms with E-state index < -0.39 is 30.0 Å². The van der Waals surface area contributed by atoms with Gasteiger partial charge >= 0.3 is 12.0 Å². The summed E-state index contributed by atoms with van der Waals surface area (Å²) >= 11 is 0. The monoisotopic (exact) mass is 285 g/mol. The number of piperidine rings is 1. The van der Waals surface area contributed by atoms with Crippen LogP contribution in [0.4, 0.5) is 4.79 Å². The maximum Gasteiger partial charge on any atom is 0.326 e. The average molecular weight is 285 g/mol. The van der Waals surface area contributed by atoms with Crippen LogP contribution in [0.3, 0.4) is 0 Å². The summed E-state index contributed by atoms with van der Waals surface area (Å²) in [5.41, 5.74) is 5.30. The minimum absolute atomic E-state index is 0.187. The van der Waals surface area contributed by atoms with Gasteiger partial charge in [0.15, 0.2) is 0 Å². The number of urea groups is 1. The van der Waals surface area contributed by atoms with E-state index in [1.54, 1.807) is 6.92 Å². The highest BCUT2D eigenvalue weighted by Crippen LogP contribution is 2.17. The molecule has 1 aliphatic rings. The van der Waals surface area contributed by atoms with E-state index in [9.17, 15) is 19.5 Å². The molecule has 1 heterocycles. The largest absolute Gasteiger partial charge is 0.480 e. The molecule has 1 rings (SSSR count). The van der Waals surface area contributed by atoms with E-state index in [4.69, 9.17) is 5.73 Å². The number of nitrogens with two attached hydrogens (primary N) is 1. The van der Waals surface area contributed by atoms with Crippen molar-refractivity contribution in [1.82, 2.24) is 10.2 Å². The minimum atomic E-state index is -1.07. The number of nitrogens with zero attached hydrogens (tertiary/aromatic N) is 1. The van der Waals surface area contributed by atoms with Gasteiger partial charge in [0.2, 0.25) is 5.91 Å². The number of carbonyl (C=O) groups excluding carboxylic acids is 2. The van der Waals surface area contributed by atoms with Crippen LogP contribution >= 0.6 is 0 Å². The number of aliphatic carboxylic acids is 1. The lowest BCUT2D eigenvalue weighted by molar-refractivity contribution is -0.140. The fourth-order valence-corrected chi connectivity index (χ4v) is 2.37. The predicted molar refractivity (Wildman–Crippen MR) is 72.9 cm³/mol. The molecule has 0 aromatic rings. The van der Waals surface area contributed by atoms with Gasteiger partial charge < -0.3 is 21.1 Å². The Bertz CT molecular complexity index is 386. The minimum Gasteiger partial charge on any atom is -0.480 e. The van der Waals surface area contributed by atoms with Crippen LogP contribution in [0.2, 0.25) is 0 Å². The van der Waals surface area contributed by atoms with Crippen LogP contribution in [0.15, 0.2) is 0 Å². The second-order valence-corrected chi connectivity index (χ2v) is 5.26. The second kappa shape index (κ2) is 7.12. The molecule has 4 N–H and O–H groups in total. The maximum absolute atomic E-state index is 12.2. The summed E-state index contributed by atoms with van der Waals surface area (Å²) < 4.78 is 0. The molecule has 0 radical (unpaired) electrons. The summed E-state index contributed by atoms with van der Waals surface area (Å²) in [5.74, 6) is -1.80. The predicted octanol–water partition coefficient (Wildman–Crippen LogP) is 0.535. The van der Waals surface area contributed by atoms with Crippen molar-refractivity contribution in [3.05, 3.63) is 0 Å². The molecule has 1 fully saturated rings. The molecule has 7 nitrogen and oxygen atoms in total. The van der Waals surface area contributed by atoms with Crippen molar-refractivity contribution < 1.29 is 19.5 Å². The van der Waals surface area contributed by atoms with Crippen molar-refractivity contribution in [2.24, 2.45) is 11.7 Å². The van der Waals surface area contributed by atoms with Crippen molar-refractivity contribution in [3.8, 4) is 0 Å². The number of hydrogen-bond acceptors (Lipinski definition) is 3. The van der Waals surface area contributed by atoms with Crippen LogP contribution in [0, 0.1) is 5.92 Å². The molecular formula is C13H23N3O4. The maximum atomic E-state index is 12.2. The Morgan fingerprint density at radius 2 is 2.05 bits per heavy atom. The highest BCUT2D eigenvalue weighted by molar-refractivity contribution is 5.88. The van der Waals surface area contributed by atoms with Gasteiger partial charge in [0.1, 0.15) is 12.1 Å². The molecular weight excluding hydrogens is 262 g/mol. The van der Waals surface area contributed by atoms with Crippen molar-refractivity contribution in [3.63, 3.8) is 0 Å². The molecule has 20 heavy (non-hydrogen) atoms. The van der Waals surface area contributed by atoms with E-state index in [-0.39, 0.29) is 5.92 Å². The first-order valence-corrected chi connectivity index (χ1v) is 6.97. The Balaban J connectivity index is 2.76. The van der Waals surface area contributed by atoms with Crippen molar-refractivity contribution in [2.75, 3.05) is 6.54 Å². The molecule has 3 amide bonds. The fourth-order valence-electron chi connectivity index (χ4n) is 2.37. The van der Waals surface area contributed by atoms with Gasteiger partial charge in [-0.05, 0) is 25.2 Å². The van der Waals surface area contributed by atoms with E-state index in [2.05, 4.69) is 5.32 Å². The molecule has 3 unspecified atom stereocenters. The molecule has 1 saturated heterocycles. The average Bonchev–Trinajstić information content (AvgIpc) is 2.43. The lowest BCUT2D eigenvalue weighted by Crippen LogP contribution is -2.57. The topological polar surface area (TPSA) is 113 Å². The molecule has 1 aliphatic heterocycles. The number of amides is 3. The lowest BCUT2D eigenvalue weighted by atomic mass is 9.99. The van der Waals surface area contributed by atoms with Crippen LogP contribution in [0.1, 0.15) is 39.5 Å². The Morgan fingerprint density at radius 3 is 2.55 bits per heavy atom. The Labute approximate surface area is 118 Å². The molecule has 0 bridgehead atoms. The van der Waals surface area contributed by atoms with Gasteiger partial charge in [-0.3, -0.25) is 4.79 Å². The summed E-state index contributed by atoms with van der Waals surface area (Å²) in [5, 5.41) is 11.7. The van der Waals surface area contributed by atoms with E-state index in [1.807, 2.05) is 6.92 Å². The first kappa shape index (κ1) is 16.3. The number of carboxylic acid groups (broad SMARTS) is 1. The number of carboxylic acids is 1. The third-order valence-corrected chi connectivity index (χ3v) is 3.85. The standard InChI is InChI=1S/C13H23N3O4/c1-3-8(2)10(12(18)19)15-13(20)16-7-5-4-6-9(16)11(14)17/h8-10H,3-7H2,1-2H3,(H2,14,17)(H,15,20)(H,18,19). The first-order valence-electron chi connectivity index (χ1n) is 6.97. The molecule has 114 valence electrons. The summed E-state index contributed by atoms with van der Waals surface area (Å²) in [6.07, 6.45) is 2.80. The molecule has 0 aliphatic carbocycles. The van der Waals surface area contributed by atoms with Crippen molar-refractivity contribution in [2.45, 2.75) is 51.6 Å². The number of likely N-dealkylation sites (tertiary alicyclic amines) is 1. The molecule has 7 heteroatoms. The Kier molecular flexibility index (Phi) is 5.79. The van der Waals surface area contributed by atoms with Crippen LogP contribution < -0.4 is 11.1 Å². The second-order valence-electron chi connectivity index (χ2n) is 5.26. The number of nitrogens with one attached hydrogen (secondary N) is 1. The zero-order chi connectivity index (χ0) is 15.3. The van der Waals surface area contributed by atoms with E-state index in [1.165, 1.54) is 4.90 Å². The van der Waals surface area contributed by atoms with E-state index in [0.717, 1.165) is 12.8 Å². The molecule has 0 spiro atoms. The smallest absolute Gasteiger partial charge is 0.326 e. The Morgan fingerprint density at radius 1 is 1.40 bits per heavy atom. The summed E-state index contributed by atoms with van der Waals surface area (Å²) in [6, 6.07) is -2.13. The van der Waals surface area contributed by atoms with Crippen LogP contribution in [0.25, 0.3) is 0 Å². The zero-order valence-electron chi connectivity index (χ0n) is 12.0. The molecule has 0 aromatic heterocycles. The fraction of sp³-hybridized carbons (Fsp3) is 0.769. The van der Waals surface area contributed by atoms with Crippen molar-refractivity contribution in [1.29, 1.82) is 0 Å². The van der Waals surface area contributed by atoms with Crippen LogP contribution in [-0.4, -0.2) is 46.5 Å². The van der Waals surface area contributed by atoms with Gasteiger partial charge in [0.05, 0.1) is 0 Å². The molecule has 0 saturated carbocycles. The normalized spacial score (nSPS) is 21.9. The van der Waals surface area contributed by atoms with Gasteiger partial charge in [0.25, 0.3) is 0 Å². The highest BCUT2D eigenvalue weighted by Gasteiger charge is 2.33. The van der Waals surface area contributed by atoms with E-state index >= 15 is 0 Å². The summed E-state index contributed by atoms with van der Waals surface area (Å²) in [7, 11) is 0. The third-order valence-electron chi connectivity index (χ3n) is 3.85. The summed E-state index contributed by atoms with van der Waals surface area (Å²) in [4.78, 5) is 36.1. The number of carbonyl (C=O) groups is 3. The van der Waals surface area contributed by atoms with E-state index in [0.29, 0.717) is 19.4 Å². The van der Waals surface area contributed by atoms with Gasteiger partial charge in [-0.1, -0.05) is 20.3 Å². The zero-order valence-corrected chi connectivity index (χ0v) is 12.0. The van der Waals surface area contributed by atoms with Crippen LogP contribution in [-0.2, 0) is 9.59 Å². The third kappa shape index (κ3) is 3.85. The van der Waals surface area contributed by atoms with Crippen LogP contribution in [0.5, 0.6) is 0 Å².